The molecule has 9 aromatic rings. The van der Waals surface area contributed by atoms with Crippen LogP contribution in [0.15, 0.2) is 154 Å². The Labute approximate surface area is 289 Å². The molecule has 0 unspecified atom stereocenters. The lowest BCUT2D eigenvalue weighted by Gasteiger charge is -2.44. The van der Waals surface area contributed by atoms with Crippen LogP contribution < -0.4 is 26.2 Å². The van der Waals surface area contributed by atoms with E-state index >= 15 is 0 Å². The maximum absolute atomic E-state index is 6.43. The van der Waals surface area contributed by atoms with Gasteiger partial charge in [-0.2, -0.15) is 0 Å². The molecule has 0 fully saturated rings. The molecule has 0 aliphatic carbocycles. The van der Waals surface area contributed by atoms with Gasteiger partial charge in [-0.3, -0.25) is 0 Å². The van der Waals surface area contributed by atoms with Crippen LogP contribution in [0.25, 0.3) is 43.9 Å². The zero-order valence-corrected chi connectivity index (χ0v) is 27.7. The van der Waals surface area contributed by atoms with Gasteiger partial charge in [0.25, 0.3) is 6.71 Å². The predicted molar refractivity (Wildman–Crippen MR) is 209 cm³/mol. The first-order valence-corrected chi connectivity index (χ1v) is 17.4. The molecule has 0 saturated heterocycles. The molecule has 0 bridgehead atoms. The van der Waals surface area contributed by atoms with Gasteiger partial charge in [-0.15, -0.1) is 0 Å². The van der Waals surface area contributed by atoms with Crippen LogP contribution in [0.2, 0.25) is 0 Å². The van der Waals surface area contributed by atoms with E-state index in [2.05, 4.69) is 145 Å². The summed E-state index contributed by atoms with van der Waals surface area (Å²) in [6.07, 6.45) is 0. The van der Waals surface area contributed by atoms with E-state index in [-0.39, 0.29) is 6.71 Å². The average molecular weight is 643 g/mol. The third-order valence-corrected chi connectivity index (χ3v) is 10.8. The first-order chi connectivity index (χ1) is 24.6. The number of hydrogen-bond acceptors (Lipinski definition) is 4. The number of hydrogen-bond donors (Lipinski definition) is 0. The minimum atomic E-state index is 0.0750. The van der Waals surface area contributed by atoms with Crippen molar-refractivity contribution < 1.29 is 8.83 Å². The summed E-state index contributed by atoms with van der Waals surface area (Å²) in [6, 6.07) is 52.6. The molecule has 7 aromatic carbocycles. The van der Waals surface area contributed by atoms with Crippen molar-refractivity contribution in [3.05, 3.63) is 151 Å². The predicted octanol–water partition coefficient (Wildman–Crippen LogP) is 10.7. The van der Waals surface area contributed by atoms with Crippen molar-refractivity contribution >= 4 is 101 Å². The van der Waals surface area contributed by atoms with Gasteiger partial charge >= 0.3 is 0 Å². The van der Waals surface area contributed by atoms with Crippen molar-refractivity contribution in [2.75, 3.05) is 9.80 Å². The summed E-state index contributed by atoms with van der Waals surface area (Å²) < 4.78 is 12.9. The molecular weight excluding hydrogens is 611 g/mol. The number of nitrogens with zero attached hydrogens (tertiary/aromatic N) is 2. The molecule has 0 saturated carbocycles. The van der Waals surface area contributed by atoms with Crippen molar-refractivity contribution in [3.8, 4) is 0 Å². The van der Waals surface area contributed by atoms with Gasteiger partial charge in [-0.05, 0) is 88.5 Å². The third-order valence-electron chi connectivity index (χ3n) is 10.8. The summed E-state index contributed by atoms with van der Waals surface area (Å²) in [4.78, 5) is 4.91. The van der Waals surface area contributed by atoms with Crippen molar-refractivity contribution in [1.82, 2.24) is 0 Å². The summed E-state index contributed by atoms with van der Waals surface area (Å²) in [5, 5.41) is 4.54. The van der Waals surface area contributed by atoms with Crippen LogP contribution in [0.4, 0.5) is 34.1 Å². The Hall–Kier alpha value is -6.20. The van der Waals surface area contributed by atoms with E-state index in [1.165, 1.54) is 44.7 Å². The zero-order valence-electron chi connectivity index (χ0n) is 27.7. The maximum atomic E-state index is 6.43. The molecule has 50 heavy (non-hydrogen) atoms. The van der Waals surface area contributed by atoms with Gasteiger partial charge in [0.15, 0.2) is 0 Å². The number of para-hydroxylation sites is 4. The second-order valence-corrected chi connectivity index (χ2v) is 13.9. The lowest BCUT2D eigenvalue weighted by atomic mass is 9.33. The van der Waals surface area contributed by atoms with Crippen LogP contribution in [0.5, 0.6) is 0 Å². The second kappa shape index (κ2) is 10.2. The molecule has 5 heteroatoms. The van der Waals surface area contributed by atoms with E-state index in [9.17, 15) is 0 Å². The van der Waals surface area contributed by atoms with Crippen LogP contribution in [0.1, 0.15) is 25.3 Å². The Morgan fingerprint density at radius 3 is 1.38 bits per heavy atom. The van der Waals surface area contributed by atoms with E-state index in [0.717, 1.165) is 55.3 Å². The van der Waals surface area contributed by atoms with Gasteiger partial charge in [0.2, 0.25) is 0 Å². The molecule has 2 aliphatic heterocycles. The van der Waals surface area contributed by atoms with Gasteiger partial charge in [-0.1, -0.05) is 86.6 Å². The van der Waals surface area contributed by atoms with Gasteiger partial charge in [0.1, 0.15) is 22.3 Å². The van der Waals surface area contributed by atoms with E-state index in [1.54, 1.807) is 0 Å². The van der Waals surface area contributed by atoms with Crippen LogP contribution in [-0.4, -0.2) is 6.71 Å². The van der Waals surface area contributed by atoms with Crippen molar-refractivity contribution in [2.24, 2.45) is 0 Å². The van der Waals surface area contributed by atoms with Crippen LogP contribution in [0.3, 0.4) is 0 Å². The molecule has 236 valence electrons. The van der Waals surface area contributed by atoms with Crippen molar-refractivity contribution in [3.63, 3.8) is 0 Å². The number of anilines is 6. The highest BCUT2D eigenvalue weighted by molar-refractivity contribution is 7.00. The normalized spacial score (nSPS) is 13.5. The quantitative estimate of drug-likeness (QED) is 0.180. The van der Waals surface area contributed by atoms with E-state index in [1.807, 2.05) is 24.3 Å². The maximum Gasteiger partial charge on any atom is 0.252 e. The fourth-order valence-corrected chi connectivity index (χ4v) is 8.52. The van der Waals surface area contributed by atoms with Crippen LogP contribution >= 0.6 is 0 Å². The molecule has 11 rings (SSSR count). The monoisotopic (exact) mass is 642 g/mol. The van der Waals surface area contributed by atoms with E-state index in [0.29, 0.717) is 5.92 Å². The second-order valence-electron chi connectivity index (χ2n) is 13.9. The minimum absolute atomic E-state index is 0.0750. The summed E-state index contributed by atoms with van der Waals surface area (Å²) >= 11 is 0. The SMILES string of the molecule is CC(C)c1cc2c3c(c1)N(c1ccc4c(c1)oc1ccccc14)c1ccccc1B3c1ccccc1N2c1ccc2c(c1)oc1ccccc12. The van der Waals surface area contributed by atoms with Gasteiger partial charge in [0, 0.05) is 67.8 Å². The van der Waals surface area contributed by atoms with Crippen molar-refractivity contribution in [2.45, 2.75) is 19.8 Å². The lowest BCUT2D eigenvalue weighted by molar-refractivity contribution is 0.668. The largest absolute Gasteiger partial charge is 0.456 e. The Morgan fingerprint density at radius 1 is 0.440 bits per heavy atom. The molecule has 2 aliphatic rings. The number of rotatable bonds is 3. The Morgan fingerprint density at radius 2 is 0.880 bits per heavy atom. The summed E-state index contributed by atoms with van der Waals surface area (Å²) in [6.45, 7) is 4.65. The zero-order chi connectivity index (χ0) is 33.1. The first-order valence-electron chi connectivity index (χ1n) is 17.4. The molecule has 0 spiro atoms. The first kappa shape index (κ1) is 27.7. The van der Waals surface area contributed by atoms with E-state index < -0.39 is 0 Å². The Bertz CT molecular complexity index is 2660. The summed E-state index contributed by atoms with van der Waals surface area (Å²) in [5.41, 5.74) is 15.8. The van der Waals surface area contributed by atoms with Gasteiger partial charge in [-0.25, -0.2) is 0 Å². The summed E-state index contributed by atoms with van der Waals surface area (Å²) in [7, 11) is 0. The van der Waals surface area contributed by atoms with Gasteiger partial charge in [0.05, 0.1) is 0 Å². The average Bonchev–Trinajstić information content (AvgIpc) is 3.72. The minimum Gasteiger partial charge on any atom is -0.456 e. The molecule has 4 nitrogen and oxygen atoms in total. The molecule has 0 atom stereocenters. The molecule has 2 aromatic heterocycles. The fourth-order valence-electron chi connectivity index (χ4n) is 8.52. The molecule has 0 radical (unpaired) electrons. The highest BCUT2D eigenvalue weighted by atomic mass is 16.3. The lowest BCUT2D eigenvalue weighted by Crippen LogP contribution is -2.61. The van der Waals surface area contributed by atoms with Crippen LogP contribution in [0, 0.1) is 0 Å². The number of furan rings is 2. The van der Waals surface area contributed by atoms with Crippen LogP contribution in [-0.2, 0) is 0 Å². The number of fused-ring (bicyclic) bond motifs is 10. The molecular formula is C45H31BN2O2. The van der Waals surface area contributed by atoms with Crippen molar-refractivity contribution in [1.29, 1.82) is 0 Å². The molecule has 4 heterocycles. The highest BCUT2D eigenvalue weighted by Gasteiger charge is 2.43. The van der Waals surface area contributed by atoms with Gasteiger partial charge < -0.3 is 18.6 Å². The standard InChI is InChI=1S/C45H31BN2O2/c1-27(2)28-23-39-45-40(24-28)48(30-20-22-34-32-12-4-10-18-42(32)50-44(34)26-30)38-16-8-6-14-36(38)46(45)35-13-5-7-15-37(35)47(39)29-19-21-33-31-11-3-9-17-41(31)49-43(33)25-29/h3-27H,1-2H3. The summed E-state index contributed by atoms with van der Waals surface area (Å²) in [5.74, 6) is 0.323. The fraction of sp³-hybridized carbons (Fsp3) is 0.0667. The highest BCUT2D eigenvalue weighted by Crippen LogP contribution is 2.46. The third kappa shape index (κ3) is 3.77. The van der Waals surface area contributed by atoms with E-state index in [4.69, 9.17) is 8.83 Å². The Balaban J connectivity index is 1.20. The Kier molecular flexibility index (Phi) is 5.63. The number of benzene rings is 7. The molecule has 0 N–H and O–H groups in total. The smallest absolute Gasteiger partial charge is 0.252 e. The topological polar surface area (TPSA) is 32.8 Å². The molecule has 0 amide bonds.